The Hall–Kier alpha value is -4.55. The summed E-state index contributed by atoms with van der Waals surface area (Å²) in [6, 6.07) is 10.4. The fourth-order valence-electron chi connectivity index (χ4n) is 3.82. The molecule has 5 aromatic rings. The normalized spacial score (nSPS) is 12.0. The largest absolute Gasteiger partial charge is 0.468 e. The van der Waals surface area contributed by atoms with Gasteiger partial charge in [0, 0.05) is 42.5 Å². The van der Waals surface area contributed by atoms with E-state index < -0.39 is 25.0 Å². The van der Waals surface area contributed by atoms with Crippen LogP contribution in [0.15, 0.2) is 66.0 Å². The topological polar surface area (TPSA) is 84.1 Å². The summed E-state index contributed by atoms with van der Waals surface area (Å²) in [6.45, 7) is -4.66. The lowest BCUT2D eigenvalue weighted by molar-refractivity contribution is -0.154. The maximum atomic E-state index is 13.7. The molecule has 0 aliphatic rings. The lowest BCUT2D eigenvalue weighted by atomic mass is 10.1. The Balaban J connectivity index is 1.70. The number of imidazole rings is 1. The van der Waals surface area contributed by atoms with Crippen molar-refractivity contribution in [3.05, 3.63) is 71.5 Å². The molecule has 0 unspecified atom stereocenters. The van der Waals surface area contributed by atoms with Crippen LogP contribution in [0.25, 0.3) is 38.8 Å². The number of benzene rings is 1. The van der Waals surface area contributed by atoms with Gasteiger partial charge in [-0.15, -0.1) is 0 Å². The summed E-state index contributed by atoms with van der Waals surface area (Å²) in [5.41, 5.74) is 1.62. The average molecular weight is 517 g/mol. The van der Waals surface area contributed by atoms with Gasteiger partial charge in [0.2, 0.25) is 11.8 Å². The van der Waals surface area contributed by atoms with Crippen molar-refractivity contribution in [2.45, 2.75) is 12.8 Å². The SMILES string of the molecule is Cn1cnc2ccc(-n3cc4ccc(OCC(F)(F)F)nc4c(-c4ccc(OC(F)F)nc4)c3=O)cc21. The summed E-state index contributed by atoms with van der Waals surface area (Å²) in [6.07, 6.45) is -0.309. The molecule has 0 aliphatic heterocycles. The van der Waals surface area contributed by atoms with E-state index in [-0.39, 0.29) is 28.4 Å². The van der Waals surface area contributed by atoms with E-state index in [1.165, 1.54) is 29.0 Å². The van der Waals surface area contributed by atoms with Gasteiger partial charge in [0.15, 0.2) is 6.61 Å². The number of aromatic nitrogens is 5. The van der Waals surface area contributed by atoms with Gasteiger partial charge in [-0.2, -0.15) is 22.0 Å². The van der Waals surface area contributed by atoms with E-state index in [4.69, 9.17) is 4.74 Å². The number of alkyl halides is 5. The van der Waals surface area contributed by atoms with Gasteiger partial charge in [-0.3, -0.25) is 9.36 Å². The monoisotopic (exact) mass is 517 g/mol. The van der Waals surface area contributed by atoms with Crippen molar-refractivity contribution >= 4 is 21.9 Å². The highest BCUT2D eigenvalue weighted by Crippen LogP contribution is 2.29. The van der Waals surface area contributed by atoms with Gasteiger partial charge in [-0.05, 0) is 30.3 Å². The highest BCUT2D eigenvalue weighted by molar-refractivity contribution is 5.93. The highest BCUT2D eigenvalue weighted by atomic mass is 19.4. The number of aryl methyl sites for hydroxylation is 1. The van der Waals surface area contributed by atoms with Gasteiger partial charge in [-0.1, -0.05) is 0 Å². The first kappa shape index (κ1) is 24.2. The van der Waals surface area contributed by atoms with Crippen LogP contribution in [0.4, 0.5) is 22.0 Å². The van der Waals surface area contributed by atoms with Crippen LogP contribution in [0.2, 0.25) is 0 Å². The number of nitrogens with zero attached hydrogens (tertiary/aromatic N) is 5. The molecule has 0 atom stereocenters. The molecule has 0 bridgehead atoms. The van der Waals surface area contributed by atoms with Crippen molar-refractivity contribution in [2.24, 2.45) is 7.05 Å². The molecule has 0 saturated heterocycles. The maximum Gasteiger partial charge on any atom is 0.422 e. The second-order valence-electron chi connectivity index (χ2n) is 7.96. The standard InChI is InChI=1S/C24H16F5N5O3/c1-33-12-31-16-5-4-15(8-17(16)33)34-10-14-3-7-19(36-11-24(27,28)29)32-21(14)20(22(34)35)13-2-6-18(30-9-13)37-23(25)26/h2-10,12,23H,11H2,1H3. The van der Waals surface area contributed by atoms with E-state index in [0.29, 0.717) is 16.6 Å². The smallest absolute Gasteiger partial charge is 0.422 e. The molecule has 0 N–H and O–H groups in total. The maximum absolute atomic E-state index is 13.7. The molecule has 0 radical (unpaired) electrons. The van der Waals surface area contributed by atoms with E-state index in [1.54, 1.807) is 36.1 Å². The number of hydrogen-bond donors (Lipinski definition) is 0. The number of halogens is 5. The van der Waals surface area contributed by atoms with E-state index in [1.807, 2.05) is 0 Å². The molecule has 4 heterocycles. The minimum atomic E-state index is -4.59. The predicted octanol–water partition coefficient (Wildman–Crippen LogP) is 4.88. The zero-order chi connectivity index (χ0) is 26.3. The summed E-state index contributed by atoms with van der Waals surface area (Å²) in [7, 11) is 1.80. The molecule has 1 aromatic carbocycles. The van der Waals surface area contributed by atoms with E-state index in [2.05, 4.69) is 19.7 Å². The van der Waals surface area contributed by atoms with Crippen molar-refractivity contribution in [3.63, 3.8) is 0 Å². The third-order valence-corrected chi connectivity index (χ3v) is 5.44. The predicted molar refractivity (Wildman–Crippen MR) is 123 cm³/mol. The Bertz CT molecular complexity index is 1660. The molecular weight excluding hydrogens is 501 g/mol. The first-order valence-corrected chi connectivity index (χ1v) is 10.7. The van der Waals surface area contributed by atoms with Crippen molar-refractivity contribution in [1.29, 1.82) is 0 Å². The summed E-state index contributed by atoms with van der Waals surface area (Å²) in [5, 5.41) is 0.409. The van der Waals surface area contributed by atoms with Crippen LogP contribution in [0.5, 0.6) is 11.8 Å². The molecule has 5 rings (SSSR count). The number of rotatable bonds is 6. The quantitative estimate of drug-likeness (QED) is 0.299. The third kappa shape index (κ3) is 4.92. The molecule has 0 aliphatic carbocycles. The van der Waals surface area contributed by atoms with Crippen LogP contribution >= 0.6 is 0 Å². The molecule has 4 aromatic heterocycles. The van der Waals surface area contributed by atoms with Crippen LogP contribution in [-0.4, -0.2) is 43.5 Å². The van der Waals surface area contributed by atoms with Crippen LogP contribution in [0.1, 0.15) is 0 Å². The molecular formula is C24H16F5N5O3. The minimum absolute atomic E-state index is 0.0174. The summed E-state index contributed by atoms with van der Waals surface area (Å²) in [4.78, 5) is 26.0. The van der Waals surface area contributed by atoms with E-state index >= 15 is 0 Å². The van der Waals surface area contributed by atoms with E-state index in [9.17, 15) is 26.7 Å². The lowest BCUT2D eigenvalue weighted by Crippen LogP contribution is -2.21. The van der Waals surface area contributed by atoms with Crippen LogP contribution < -0.4 is 15.0 Å². The van der Waals surface area contributed by atoms with Crippen LogP contribution in [0.3, 0.4) is 0 Å². The number of hydrogen-bond acceptors (Lipinski definition) is 6. The van der Waals surface area contributed by atoms with Gasteiger partial charge in [-0.25, -0.2) is 15.0 Å². The van der Waals surface area contributed by atoms with E-state index in [0.717, 1.165) is 17.8 Å². The Labute approximate surface area is 204 Å². The first-order chi connectivity index (χ1) is 17.6. The van der Waals surface area contributed by atoms with Crippen molar-refractivity contribution in [1.82, 2.24) is 24.1 Å². The molecule has 190 valence electrons. The van der Waals surface area contributed by atoms with Crippen LogP contribution in [0, 0.1) is 0 Å². The summed E-state index contributed by atoms with van der Waals surface area (Å²) in [5.74, 6) is -0.715. The Kier molecular flexibility index (Phi) is 5.97. The van der Waals surface area contributed by atoms with Crippen molar-refractivity contribution in [2.75, 3.05) is 6.61 Å². The zero-order valence-electron chi connectivity index (χ0n) is 18.9. The Morgan fingerprint density at radius 3 is 2.51 bits per heavy atom. The highest BCUT2D eigenvalue weighted by Gasteiger charge is 2.29. The number of fused-ring (bicyclic) bond motifs is 2. The second kappa shape index (κ2) is 9.15. The minimum Gasteiger partial charge on any atom is -0.468 e. The number of pyridine rings is 3. The lowest BCUT2D eigenvalue weighted by Gasteiger charge is -2.14. The molecule has 8 nitrogen and oxygen atoms in total. The Morgan fingerprint density at radius 1 is 1.03 bits per heavy atom. The molecule has 13 heteroatoms. The first-order valence-electron chi connectivity index (χ1n) is 10.7. The average Bonchev–Trinajstić information content (AvgIpc) is 3.22. The third-order valence-electron chi connectivity index (χ3n) is 5.44. The van der Waals surface area contributed by atoms with Gasteiger partial charge >= 0.3 is 12.8 Å². The van der Waals surface area contributed by atoms with Gasteiger partial charge in [0.05, 0.1) is 34.1 Å². The zero-order valence-corrected chi connectivity index (χ0v) is 18.9. The molecule has 0 saturated carbocycles. The van der Waals surface area contributed by atoms with Crippen molar-refractivity contribution in [3.8, 4) is 28.6 Å². The Morgan fingerprint density at radius 2 is 1.81 bits per heavy atom. The van der Waals surface area contributed by atoms with Crippen LogP contribution in [-0.2, 0) is 7.05 Å². The fraction of sp³-hybridized carbons (Fsp3) is 0.167. The number of ether oxygens (including phenoxy) is 2. The summed E-state index contributed by atoms with van der Waals surface area (Å²) >= 11 is 0. The van der Waals surface area contributed by atoms with Gasteiger partial charge in [0.25, 0.3) is 5.56 Å². The van der Waals surface area contributed by atoms with Crippen molar-refractivity contribution < 1.29 is 31.4 Å². The van der Waals surface area contributed by atoms with Gasteiger partial charge in [0.1, 0.15) is 0 Å². The molecule has 0 fully saturated rings. The molecule has 0 amide bonds. The summed E-state index contributed by atoms with van der Waals surface area (Å²) < 4.78 is 75.2. The second-order valence-corrected chi connectivity index (χ2v) is 7.96. The van der Waals surface area contributed by atoms with Gasteiger partial charge < -0.3 is 14.0 Å². The fourth-order valence-corrected chi connectivity index (χ4v) is 3.82. The molecule has 37 heavy (non-hydrogen) atoms. The molecule has 0 spiro atoms.